The monoisotopic (exact) mass is 228 g/mol. The van der Waals surface area contributed by atoms with Crippen LogP contribution in [-0.4, -0.2) is 35.5 Å². The molecule has 2 N–H and O–H groups in total. The predicted octanol–water partition coefficient (Wildman–Crippen LogP) is 1.14. The van der Waals surface area contributed by atoms with E-state index >= 15 is 0 Å². The lowest BCUT2D eigenvalue weighted by atomic mass is 9.99. The first-order valence-corrected chi connectivity index (χ1v) is 6.91. The molecule has 4 heteroatoms. The lowest BCUT2D eigenvalue weighted by Gasteiger charge is -2.24. The van der Waals surface area contributed by atoms with Crippen molar-refractivity contribution in [2.45, 2.75) is 42.9 Å². The van der Waals surface area contributed by atoms with Crippen molar-refractivity contribution in [3.63, 3.8) is 0 Å². The number of hydrogen-bond acceptors (Lipinski definition) is 3. The first-order valence-electron chi connectivity index (χ1n) is 5.69. The van der Waals surface area contributed by atoms with Crippen LogP contribution in [0.15, 0.2) is 0 Å². The highest BCUT2D eigenvalue weighted by atomic mass is 32.2. The molecule has 15 heavy (non-hydrogen) atoms. The number of rotatable bonds is 4. The predicted molar refractivity (Wildman–Crippen MR) is 64.1 cm³/mol. The summed E-state index contributed by atoms with van der Waals surface area (Å²) in [5.74, 6) is 0.181. The van der Waals surface area contributed by atoms with E-state index in [2.05, 4.69) is 16.9 Å². The minimum Gasteiger partial charge on any atom is -0.353 e. The van der Waals surface area contributed by atoms with E-state index in [0.29, 0.717) is 4.75 Å². The van der Waals surface area contributed by atoms with Crippen molar-refractivity contribution in [1.29, 1.82) is 0 Å². The topological polar surface area (TPSA) is 41.1 Å². The molecule has 0 bridgehead atoms. The van der Waals surface area contributed by atoms with Gasteiger partial charge in [-0.3, -0.25) is 4.79 Å². The Bertz CT molecular complexity index is 257. The summed E-state index contributed by atoms with van der Waals surface area (Å²) in [6.45, 7) is 3.82. The summed E-state index contributed by atoms with van der Waals surface area (Å²) < 4.78 is 0.366. The van der Waals surface area contributed by atoms with Crippen LogP contribution in [0, 0.1) is 0 Å². The summed E-state index contributed by atoms with van der Waals surface area (Å²) in [4.78, 5) is 12.0. The Hall–Kier alpha value is -0.220. The van der Waals surface area contributed by atoms with E-state index in [9.17, 15) is 4.79 Å². The highest BCUT2D eigenvalue weighted by Gasteiger charge is 2.43. The Labute approximate surface area is 95.8 Å². The molecule has 1 amide bonds. The largest absolute Gasteiger partial charge is 0.353 e. The van der Waals surface area contributed by atoms with Crippen molar-refractivity contribution in [3.05, 3.63) is 0 Å². The van der Waals surface area contributed by atoms with Gasteiger partial charge < -0.3 is 10.6 Å². The Balaban J connectivity index is 1.82. The third-order valence-electron chi connectivity index (χ3n) is 3.68. The molecule has 1 saturated carbocycles. The van der Waals surface area contributed by atoms with Crippen LogP contribution in [-0.2, 0) is 4.79 Å². The quantitative estimate of drug-likeness (QED) is 0.758. The van der Waals surface area contributed by atoms with Gasteiger partial charge in [0, 0.05) is 11.3 Å². The summed E-state index contributed by atoms with van der Waals surface area (Å²) in [5.41, 5.74) is -0.311. The molecule has 1 heterocycles. The Morgan fingerprint density at radius 3 is 2.67 bits per heavy atom. The molecule has 1 aliphatic heterocycles. The van der Waals surface area contributed by atoms with Crippen molar-refractivity contribution >= 4 is 17.7 Å². The van der Waals surface area contributed by atoms with E-state index in [0.717, 1.165) is 25.9 Å². The maximum atomic E-state index is 12.0. The van der Waals surface area contributed by atoms with Crippen LogP contribution < -0.4 is 10.6 Å². The van der Waals surface area contributed by atoms with Gasteiger partial charge in [-0.1, -0.05) is 0 Å². The molecular weight excluding hydrogens is 208 g/mol. The molecule has 3 nitrogen and oxygen atoms in total. The molecule has 2 fully saturated rings. The van der Waals surface area contributed by atoms with E-state index < -0.39 is 0 Å². The first-order chi connectivity index (χ1) is 7.10. The molecule has 0 aromatic carbocycles. The van der Waals surface area contributed by atoms with Gasteiger partial charge in [-0.05, 0) is 45.4 Å². The zero-order valence-electron chi connectivity index (χ0n) is 9.56. The van der Waals surface area contributed by atoms with Crippen LogP contribution in [0.3, 0.4) is 0 Å². The Kier molecular flexibility index (Phi) is 2.99. The second-order valence-corrected chi connectivity index (χ2v) is 6.21. The van der Waals surface area contributed by atoms with Crippen molar-refractivity contribution in [2.75, 3.05) is 19.3 Å². The molecule has 2 rings (SSSR count). The van der Waals surface area contributed by atoms with Gasteiger partial charge in [0.2, 0.25) is 5.91 Å². The van der Waals surface area contributed by atoms with Crippen LogP contribution in [0.2, 0.25) is 0 Å². The highest BCUT2D eigenvalue weighted by Crippen LogP contribution is 2.46. The summed E-state index contributed by atoms with van der Waals surface area (Å²) in [6, 6.07) is 0. The number of hydrogen-bond donors (Lipinski definition) is 2. The zero-order valence-corrected chi connectivity index (χ0v) is 10.4. The van der Waals surface area contributed by atoms with Crippen molar-refractivity contribution in [3.8, 4) is 0 Å². The molecule has 1 unspecified atom stereocenters. The maximum absolute atomic E-state index is 12.0. The maximum Gasteiger partial charge on any atom is 0.240 e. The normalized spacial score (nSPS) is 32.7. The fraction of sp³-hybridized carbons (Fsp3) is 0.909. The fourth-order valence-electron chi connectivity index (χ4n) is 2.12. The van der Waals surface area contributed by atoms with Crippen molar-refractivity contribution < 1.29 is 4.79 Å². The minimum absolute atomic E-state index is 0.181. The fourth-order valence-corrected chi connectivity index (χ4v) is 2.84. The standard InChI is InChI=1S/C11H20N2OS/c1-10(4-3-7-13-10)9(14)12-8-11(15-2)5-6-11/h13H,3-8H2,1-2H3,(H,12,14). The number of amides is 1. The van der Waals surface area contributed by atoms with Gasteiger partial charge in [0.1, 0.15) is 0 Å². The van der Waals surface area contributed by atoms with Gasteiger partial charge >= 0.3 is 0 Å². The molecule has 1 aliphatic carbocycles. The van der Waals surface area contributed by atoms with Gasteiger partial charge in [-0.15, -0.1) is 0 Å². The second kappa shape index (κ2) is 3.98. The molecule has 0 aromatic rings. The third kappa shape index (κ3) is 2.31. The van der Waals surface area contributed by atoms with Gasteiger partial charge in [0.15, 0.2) is 0 Å². The average molecular weight is 228 g/mol. The van der Waals surface area contributed by atoms with Crippen LogP contribution >= 0.6 is 11.8 Å². The van der Waals surface area contributed by atoms with E-state index in [1.807, 2.05) is 18.7 Å². The summed E-state index contributed by atoms with van der Waals surface area (Å²) in [6.07, 6.45) is 6.70. The SMILES string of the molecule is CSC1(CNC(=O)C2(C)CCCN2)CC1. The number of carbonyl (C=O) groups excluding carboxylic acids is 1. The molecular formula is C11H20N2OS. The first kappa shape index (κ1) is 11.3. The van der Waals surface area contributed by atoms with E-state index in [4.69, 9.17) is 0 Å². The van der Waals surface area contributed by atoms with E-state index in [1.54, 1.807) is 0 Å². The van der Waals surface area contributed by atoms with Crippen LogP contribution in [0.1, 0.15) is 32.6 Å². The summed E-state index contributed by atoms with van der Waals surface area (Å²) >= 11 is 1.89. The van der Waals surface area contributed by atoms with Gasteiger partial charge in [-0.25, -0.2) is 0 Å². The molecule has 0 radical (unpaired) electrons. The highest BCUT2D eigenvalue weighted by molar-refractivity contribution is 8.00. The number of carbonyl (C=O) groups is 1. The van der Waals surface area contributed by atoms with Crippen LogP contribution in [0.25, 0.3) is 0 Å². The number of thioether (sulfide) groups is 1. The van der Waals surface area contributed by atoms with Gasteiger partial charge in [0.25, 0.3) is 0 Å². The molecule has 0 spiro atoms. The van der Waals surface area contributed by atoms with Gasteiger partial charge in [-0.2, -0.15) is 11.8 Å². The average Bonchev–Trinajstić information content (AvgIpc) is 2.90. The van der Waals surface area contributed by atoms with E-state index in [-0.39, 0.29) is 11.4 Å². The minimum atomic E-state index is -0.311. The number of nitrogens with one attached hydrogen (secondary N) is 2. The molecule has 1 atom stereocenters. The summed E-state index contributed by atoms with van der Waals surface area (Å²) in [7, 11) is 0. The lowest BCUT2D eigenvalue weighted by Crippen LogP contribution is -2.52. The Morgan fingerprint density at radius 1 is 1.47 bits per heavy atom. The zero-order chi connectivity index (χ0) is 10.9. The molecule has 86 valence electrons. The van der Waals surface area contributed by atoms with E-state index in [1.165, 1.54) is 12.8 Å². The van der Waals surface area contributed by atoms with Gasteiger partial charge in [0.05, 0.1) is 5.54 Å². The molecule has 0 aromatic heterocycles. The third-order valence-corrected chi connectivity index (χ3v) is 5.10. The lowest BCUT2D eigenvalue weighted by molar-refractivity contribution is -0.126. The van der Waals surface area contributed by atoms with Crippen molar-refractivity contribution in [2.24, 2.45) is 0 Å². The summed E-state index contributed by atoms with van der Waals surface area (Å²) in [5, 5.41) is 6.39. The smallest absolute Gasteiger partial charge is 0.240 e. The second-order valence-electron chi connectivity index (χ2n) is 4.93. The molecule has 2 aliphatic rings. The van der Waals surface area contributed by atoms with Crippen LogP contribution in [0.4, 0.5) is 0 Å². The molecule has 1 saturated heterocycles. The van der Waals surface area contributed by atoms with Crippen LogP contribution in [0.5, 0.6) is 0 Å². The van der Waals surface area contributed by atoms with Crippen molar-refractivity contribution in [1.82, 2.24) is 10.6 Å². The Morgan fingerprint density at radius 2 is 2.20 bits per heavy atom.